The lowest BCUT2D eigenvalue weighted by atomic mass is 9.97. The summed E-state index contributed by atoms with van der Waals surface area (Å²) in [7, 11) is 0. The van der Waals surface area contributed by atoms with Crippen molar-refractivity contribution in [3.05, 3.63) is 29.6 Å². The molecule has 0 spiro atoms. The lowest BCUT2D eigenvalue weighted by molar-refractivity contribution is 0.374. The number of rotatable bonds is 4. The average molecular weight is 261 g/mol. The zero-order valence-electron chi connectivity index (χ0n) is 11.3. The van der Waals surface area contributed by atoms with Gasteiger partial charge < -0.3 is 10.2 Å². The molecule has 19 heavy (non-hydrogen) atoms. The fourth-order valence-corrected chi connectivity index (χ4v) is 2.65. The summed E-state index contributed by atoms with van der Waals surface area (Å²) >= 11 is 0. The van der Waals surface area contributed by atoms with Gasteiger partial charge in [0.1, 0.15) is 11.9 Å². The van der Waals surface area contributed by atoms with Crippen molar-refractivity contribution in [2.75, 3.05) is 31.1 Å². The lowest BCUT2D eigenvalue weighted by Gasteiger charge is -2.31. The monoisotopic (exact) mass is 261 g/mol. The Bertz CT molecular complexity index is 461. The lowest BCUT2D eigenvalue weighted by Crippen LogP contribution is -2.36. The molecule has 1 aliphatic heterocycles. The molecule has 0 atom stereocenters. The topological polar surface area (TPSA) is 39.1 Å². The predicted octanol–water partition coefficient (Wildman–Crippen LogP) is 2.52. The van der Waals surface area contributed by atoms with Crippen LogP contribution >= 0.6 is 0 Å². The van der Waals surface area contributed by atoms with E-state index in [0.717, 1.165) is 31.9 Å². The minimum absolute atomic E-state index is 0.349. The van der Waals surface area contributed by atoms with Gasteiger partial charge in [0.15, 0.2) is 0 Å². The SMILES string of the molecule is CCN(CC1CCNCC1)c1ccc(F)cc1C#N. The number of nitrogens with one attached hydrogen (secondary N) is 1. The summed E-state index contributed by atoms with van der Waals surface area (Å²) in [6, 6.07) is 6.57. The molecule has 1 heterocycles. The minimum atomic E-state index is -0.349. The second-order valence-electron chi connectivity index (χ2n) is 5.01. The van der Waals surface area contributed by atoms with Gasteiger partial charge in [-0.3, -0.25) is 0 Å². The third-order valence-electron chi connectivity index (χ3n) is 3.74. The van der Waals surface area contributed by atoms with E-state index >= 15 is 0 Å². The highest BCUT2D eigenvalue weighted by Gasteiger charge is 2.18. The van der Waals surface area contributed by atoms with E-state index in [1.54, 1.807) is 6.07 Å². The first-order valence-corrected chi connectivity index (χ1v) is 6.90. The first-order valence-electron chi connectivity index (χ1n) is 6.90. The fourth-order valence-electron chi connectivity index (χ4n) is 2.65. The molecule has 0 aliphatic carbocycles. The molecule has 102 valence electrons. The van der Waals surface area contributed by atoms with Crippen LogP contribution < -0.4 is 10.2 Å². The Hall–Kier alpha value is -1.60. The summed E-state index contributed by atoms with van der Waals surface area (Å²) < 4.78 is 13.2. The van der Waals surface area contributed by atoms with Crippen molar-refractivity contribution in [1.82, 2.24) is 5.32 Å². The number of hydrogen-bond donors (Lipinski definition) is 1. The van der Waals surface area contributed by atoms with E-state index in [4.69, 9.17) is 5.26 Å². The van der Waals surface area contributed by atoms with Gasteiger partial charge in [-0.05, 0) is 57.0 Å². The van der Waals surface area contributed by atoms with Crippen molar-refractivity contribution in [1.29, 1.82) is 5.26 Å². The zero-order chi connectivity index (χ0) is 13.7. The van der Waals surface area contributed by atoms with Crippen LogP contribution in [0.25, 0.3) is 0 Å². The molecule has 1 N–H and O–H groups in total. The van der Waals surface area contributed by atoms with Crippen LogP contribution in [0.1, 0.15) is 25.3 Å². The highest BCUT2D eigenvalue weighted by atomic mass is 19.1. The van der Waals surface area contributed by atoms with Crippen LogP contribution in [0.4, 0.5) is 10.1 Å². The van der Waals surface area contributed by atoms with Gasteiger partial charge in [-0.1, -0.05) is 0 Å². The Balaban J connectivity index is 2.14. The van der Waals surface area contributed by atoms with Crippen LogP contribution in [0, 0.1) is 23.1 Å². The maximum Gasteiger partial charge on any atom is 0.124 e. The molecule has 3 nitrogen and oxygen atoms in total. The number of halogens is 1. The van der Waals surface area contributed by atoms with Gasteiger partial charge in [0.25, 0.3) is 0 Å². The van der Waals surface area contributed by atoms with E-state index < -0.39 is 0 Å². The molecule has 1 fully saturated rings. The Morgan fingerprint density at radius 1 is 1.42 bits per heavy atom. The smallest absolute Gasteiger partial charge is 0.124 e. The van der Waals surface area contributed by atoms with Gasteiger partial charge in [0.2, 0.25) is 0 Å². The third kappa shape index (κ3) is 3.45. The number of nitriles is 1. The van der Waals surface area contributed by atoms with E-state index in [-0.39, 0.29) is 5.82 Å². The van der Waals surface area contributed by atoms with Crippen LogP contribution in [0.15, 0.2) is 18.2 Å². The molecule has 0 unspecified atom stereocenters. The van der Waals surface area contributed by atoms with Crippen molar-refractivity contribution in [3.63, 3.8) is 0 Å². The van der Waals surface area contributed by atoms with Crippen molar-refractivity contribution in [2.24, 2.45) is 5.92 Å². The summed E-state index contributed by atoms with van der Waals surface area (Å²) in [6.45, 7) is 5.99. The third-order valence-corrected chi connectivity index (χ3v) is 3.74. The van der Waals surface area contributed by atoms with Crippen LogP contribution in [0.2, 0.25) is 0 Å². The maximum absolute atomic E-state index is 13.2. The van der Waals surface area contributed by atoms with Crippen LogP contribution in [-0.4, -0.2) is 26.2 Å². The molecule has 0 saturated carbocycles. The van der Waals surface area contributed by atoms with E-state index in [1.165, 1.54) is 25.0 Å². The second kappa shape index (κ2) is 6.53. The Labute approximate surface area is 114 Å². The maximum atomic E-state index is 13.2. The first kappa shape index (κ1) is 13.8. The number of piperidine rings is 1. The molecule has 1 aromatic carbocycles. The summed E-state index contributed by atoms with van der Waals surface area (Å²) in [5.74, 6) is 0.302. The molecule has 1 aliphatic rings. The fraction of sp³-hybridized carbons (Fsp3) is 0.533. The van der Waals surface area contributed by atoms with E-state index in [1.807, 2.05) is 0 Å². The van der Waals surface area contributed by atoms with Crippen LogP contribution in [0.5, 0.6) is 0 Å². The van der Waals surface area contributed by atoms with Crippen LogP contribution in [-0.2, 0) is 0 Å². The van der Waals surface area contributed by atoms with Crippen molar-refractivity contribution >= 4 is 5.69 Å². The highest BCUT2D eigenvalue weighted by Crippen LogP contribution is 2.24. The molecule has 0 radical (unpaired) electrons. The molecule has 1 saturated heterocycles. The van der Waals surface area contributed by atoms with Gasteiger partial charge in [0, 0.05) is 13.1 Å². The van der Waals surface area contributed by atoms with Crippen LogP contribution in [0.3, 0.4) is 0 Å². The normalized spacial score (nSPS) is 16.1. The minimum Gasteiger partial charge on any atom is -0.370 e. The predicted molar refractivity (Wildman–Crippen MR) is 74.6 cm³/mol. The molecular formula is C15H20FN3. The number of anilines is 1. The van der Waals surface area contributed by atoms with Crippen molar-refractivity contribution in [2.45, 2.75) is 19.8 Å². The number of benzene rings is 1. The van der Waals surface area contributed by atoms with Gasteiger partial charge in [-0.2, -0.15) is 5.26 Å². The largest absolute Gasteiger partial charge is 0.370 e. The average Bonchev–Trinajstić information content (AvgIpc) is 2.46. The van der Waals surface area contributed by atoms with Gasteiger partial charge in [0.05, 0.1) is 11.3 Å². The molecule has 0 bridgehead atoms. The molecule has 1 aromatic rings. The number of nitrogens with zero attached hydrogens (tertiary/aromatic N) is 2. The van der Waals surface area contributed by atoms with Gasteiger partial charge >= 0.3 is 0 Å². The van der Waals surface area contributed by atoms with Gasteiger partial charge in [-0.25, -0.2) is 4.39 Å². The summed E-state index contributed by atoms with van der Waals surface area (Å²) in [5.41, 5.74) is 1.28. The van der Waals surface area contributed by atoms with Crippen molar-refractivity contribution in [3.8, 4) is 6.07 Å². The Morgan fingerprint density at radius 3 is 2.79 bits per heavy atom. The van der Waals surface area contributed by atoms with Gasteiger partial charge in [-0.15, -0.1) is 0 Å². The molecular weight excluding hydrogens is 241 g/mol. The summed E-state index contributed by atoms with van der Waals surface area (Å²) in [5, 5.41) is 12.5. The first-order chi connectivity index (χ1) is 9.24. The van der Waals surface area contributed by atoms with E-state index in [2.05, 4.69) is 23.2 Å². The quantitative estimate of drug-likeness (QED) is 0.905. The molecule has 0 amide bonds. The molecule has 2 rings (SSSR count). The summed E-state index contributed by atoms with van der Waals surface area (Å²) in [4.78, 5) is 2.19. The Kier molecular flexibility index (Phi) is 4.75. The van der Waals surface area contributed by atoms with E-state index in [0.29, 0.717) is 11.5 Å². The van der Waals surface area contributed by atoms with Crippen molar-refractivity contribution < 1.29 is 4.39 Å². The Morgan fingerprint density at radius 2 is 2.16 bits per heavy atom. The zero-order valence-corrected chi connectivity index (χ0v) is 11.3. The number of hydrogen-bond acceptors (Lipinski definition) is 3. The molecule has 0 aromatic heterocycles. The standard InChI is InChI=1S/C15H20FN3/c1-2-19(11-12-5-7-18-8-6-12)15-4-3-14(16)9-13(15)10-17/h3-4,9,12,18H,2,5-8,11H2,1H3. The van der Waals surface area contributed by atoms with E-state index in [9.17, 15) is 4.39 Å². The molecule has 4 heteroatoms. The second-order valence-corrected chi connectivity index (χ2v) is 5.01. The highest BCUT2D eigenvalue weighted by molar-refractivity contribution is 5.59. The summed E-state index contributed by atoms with van der Waals surface area (Å²) in [6.07, 6.45) is 2.33.